The molecule has 3 aromatic carbocycles. The number of nitrogens with zero attached hydrogens (tertiary/aromatic N) is 1. The minimum Gasteiger partial charge on any atom is -0.462 e. The molecule has 4 nitrogen and oxygen atoms in total. The van der Waals surface area contributed by atoms with Gasteiger partial charge in [-0.2, -0.15) is 0 Å². The van der Waals surface area contributed by atoms with Crippen molar-refractivity contribution in [1.29, 1.82) is 0 Å². The minimum atomic E-state index is -0.383. The van der Waals surface area contributed by atoms with Crippen LogP contribution < -0.4 is 4.90 Å². The second kappa shape index (κ2) is 7.66. The van der Waals surface area contributed by atoms with Crippen LogP contribution in [0.2, 0.25) is 0 Å². The number of anilines is 2. The van der Waals surface area contributed by atoms with Crippen molar-refractivity contribution in [2.45, 2.75) is 6.92 Å². The lowest BCUT2D eigenvalue weighted by Gasteiger charge is -2.22. The quantitative estimate of drug-likeness (QED) is 0.490. The van der Waals surface area contributed by atoms with Crippen molar-refractivity contribution in [2.75, 3.05) is 11.5 Å². The first kappa shape index (κ1) is 17.4. The van der Waals surface area contributed by atoms with Crippen LogP contribution >= 0.6 is 0 Å². The van der Waals surface area contributed by atoms with Gasteiger partial charge in [-0.25, -0.2) is 4.79 Å². The van der Waals surface area contributed by atoms with Crippen molar-refractivity contribution in [3.05, 3.63) is 84.9 Å². The van der Waals surface area contributed by atoms with Crippen LogP contribution in [0.25, 0.3) is 10.8 Å². The van der Waals surface area contributed by atoms with E-state index in [4.69, 9.17) is 4.74 Å². The van der Waals surface area contributed by atoms with Crippen LogP contribution in [0.15, 0.2) is 79.4 Å². The third kappa shape index (κ3) is 3.49. The Bertz CT molecular complexity index is 961. The van der Waals surface area contributed by atoms with Gasteiger partial charge in [-0.05, 0) is 60.2 Å². The highest BCUT2D eigenvalue weighted by Crippen LogP contribution is 2.29. The third-order valence-corrected chi connectivity index (χ3v) is 4.02. The Hall–Kier alpha value is -3.40. The molecular weight excluding hydrogens is 326 g/mol. The lowest BCUT2D eigenvalue weighted by atomic mass is 10.1. The number of esters is 1. The van der Waals surface area contributed by atoms with Crippen molar-refractivity contribution in [3.63, 3.8) is 0 Å². The summed E-state index contributed by atoms with van der Waals surface area (Å²) in [4.78, 5) is 25.9. The number of hydrogen-bond acceptors (Lipinski definition) is 3. The van der Waals surface area contributed by atoms with E-state index < -0.39 is 0 Å². The van der Waals surface area contributed by atoms with Gasteiger partial charge in [-0.3, -0.25) is 9.69 Å². The van der Waals surface area contributed by atoms with Crippen LogP contribution in [0.4, 0.5) is 11.4 Å². The zero-order chi connectivity index (χ0) is 18.5. The number of carbonyl (C=O) groups is 2. The summed E-state index contributed by atoms with van der Waals surface area (Å²) in [5.41, 5.74) is 1.83. The molecule has 0 aliphatic heterocycles. The molecule has 26 heavy (non-hydrogen) atoms. The van der Waals surface area contributed by atoms with Crippen LogP contribution in [-0.4, -0.2) is 18.5 Å². The van der Waals surface area contributed by atoms with Crippen LogP contribution in [0.5, 0.6) is 0 Å². The lowest BCUT2D eigenvalue weighted by Crippen LogP contribution is -2.23. The van der Waals surface area contributed by atoms with Gasteiger partial charge in [-0.15, -0.1) is 0 Å². The van der Waals surface area contributed by atoms with Gasteiger partial charge in [0.25, 0.3) is 5.91 Å². The molecule has 0 fully saturated rings. The monoisotopic (exact) mass is 345 g/mol. The number of hydrogen-bond donors (Lipinski definition) is 0. The Morgan fingerprint density at radius 2 is 1.62 bits per heavy atom. The van der Waals surface area contributed by atoms with Gasteiger partial charge >= 0.3 is 5.97 Å². The van der Waals surface area contributed by atoms with E-state index in [0.29, 0.717) is 17.9 Å². The molecule has 3 aromatic rings. The summed E-state index contributed by atoms with van der Waals surface area (Å²) in [6.45, 7) is 5.68. The Kier molecular flexibility index (Phi) is 5.13. The highest BCUT2D eigenvalue weighted by Gasteiger charge is 2.17. The highest BCUT2D eigenvalue weighted by atomic mass is 16.5. The predicted molar refractivity (Wildman–Crippen MR) is 104 cm³/mol. The summed E-state index contributed by atoms with van der Waals surface area (Å²) in [5, 5.41) is 2.13. The fourth-order valence-corrected chi connectivity index (χ4v) is 2.77. The maximum absolute atomic E-state index is 12.5. The molecule has 0 atom stereocenters. The van der Waals surface area contributed by atoms with Crippen molar-refractivity contribution >= 4 is 34.0 Å². The van der Waals surface area contributed by atoms with Gasteiger partial charge in [0.1, 0.15) is 0 Å². The fraction of sp³-hybridized carbons (Fsp3) is 0.0909. The number of carbonyl (C=O) groups excluding carboxylic acids is 2. The molecule has 0 heterocycles. The average molecular weight is 345 g/mol. The molecule has 0 aliphatic rings. The molecule has 0 saturated heterocycles. The summed E-state index contributed by atoms with van der Waals surface area (Å²) in [7, 11) is 0. The first-order valence-corrected chi connectivity index (χ1v) is 8.36. The van der Waals surface area contributed by atoms with Gasteiger partial charge in [0.2, 0.25) is 0 Å². The van der Waals surface area contributed by atoms with Crippen molar-refractivity contribution in [3.8, 4) is 0 Å². The highest BCUT2D eigenvalue weighted by molar-refractivity contribution is 6.08. The van der Waals surface area contributed by atoms with Gasteiger partial charge in [0, 0.05) is 11.4 Å². The SMILES string of the molecule is C=CC(=O)N(c1ccc(C(=O)OCC)cc1)c1ccc2ccccc2c1. The van der Waals surface area contributed by atoms with Crippen LogP contribution in [-0.2, 0) is 9.53 Å². The summed E-state index contributed by atoms with van der Waals surface area (Å²) in [6, 6.07) is 20.5. The smallest absolute Gasteiger partial charge is 0.338 e. The normalized spacial score (nSPS) is 10.3. The van der Waals surface area contributed by atoms with Gasteiger partial charge in [-0.1, -0.05) is 36.9 Å². The molecule has 0 unspecified atom stereocenters. The fourth-order valence-electron chi connectivity index (χ4n) is 2.77. The Labute approximate surface area is 152 Å². The summed E-state index contributed by atoms with van der Waals surface area (Å²) in [6.07, 6.45) is 1.27. The first-order valence-electron chi connectivity index (χ1n) is 8.36. The van der Waals surface area contributed by atoms with Crippen molar-refractivity contribution in [1.82, 2.24) is 0 Å². The number of fused-ring (bicyclic) bond motifs is 1. The summed E-state index contributed by atoms with van der Waals surface area (Å²) < 4.78 is 4.99. The molecule has 0 aromatic heterocycles. The van der Waals surface area contributed by atoms with Gasteiger partial charge < -0.3 is 4.74 Å². The molecule has 130 valence electrons. The Morgan fingerprint density at radius 3 is 2.27 bits per heavy atom. The largest absolute Gasteiger partial charge is 0.462 e. The lowest BCUT2D eigenvalue weighted by molar-refractivity contribution is -0.113. The molecule has 0 N–H and O–H groups in total. The maximum atomic E-state index is 12.5. The zero-order valence-corrected chi connectivity index (χ0v) is 14.5. The van der Waals surface area contributed by atoms with E-state index in [2.05, 4.69) is 6.58 Å². The number of benzene rings is 3. The van der Waals surface area contributed by atoms with Gasteiger partial charge in [0.15, 0.2) is 0 Å². The van der Waals surface area contributed by atoms with E-state index in [0.717, 1.165) is 16.5 Å². The second-order valence-electron chi connectivity index (χ2n) is 5.68. The van der Waals surface area contributed by atoms with Crippen LogP contribution in [0, 0.1) is 0 Å². The molecular formula is C22H19NO3. The van der Waals surface area contributed by atoms with E-state index in [1.807, 2.05) is 42.5 Å². The van der Waals surface area contributed by atoms with Gasteiger partial charge in [0.05, 0.1) is 12.2 Å². The molecule has 4 heteroatoms. The topological polar surface area (TPSA) is 46.6 Å². The number of ether oxygens (including phenoxy) is 1. The van der Waals surface area contributed by atoms with E-state index in [1.165, 1.54) is 6.08 Å². The third-order valence-electron chi connectivity index (χ3n) is 4.02. The first-order chi connectivity index (χ1) is 12.6. The van der Waals surface area contributed by atoms with E-state index in [9.17, 15) is 9.59 Å². The summed E-state index contributed by atoms with van der Waals surface area (Å²) in [5.74, 6) is -0.629. The average Bonchev–Trinajstić information content (AvgIpc) is 2.68. The minimum absolute atomic E-state index is 0.246. The standard InChI is InChI=1S/C22H19NO3/c1-3-21(24)23(19-12-10-17(11-13-19)22(25)26-4-2)20-14-9-16-7-5-6-8-18(16)15-20/h3,5-15H,1,4H2,2H3. The molecule has 0 radical (unpaired) electrons. The Balaban J connectivity index is 2.01. The number of rotatable bonds is 5. The van der Waals surface area contributed by atoms with E-state index >= 15 is 0 Å². The maximum Gasteiger partial charge on any atom is 0.338 e. The molecule has 0 saturated carbocycles. The van der Waals surface area contributed by atoms with Crippen LogP contribution in [0.3, 0.4) is 0 Å². The number of amides is 1. The van der Waals surface area contributed by atoms with Crippen molar-refractivity contribution in [2.24, 2.45) is 0 Å². The van der Waals surface area contributed by atoms with Crippen molar-refractivity contribution < 1.29 is 14.3 Å². The van der Waals surface area contributed by atoms with E-state index in [-0.39, 0.29) is 11.9 Å². The molecule has 3 rings (SSSR count). The molecule has 0 spiro atoms. The zero-order valence-electron chi connectivity index (χ0n) is 14.5. The second-order valence-corrected chi connectivity index (χ2v) is 5.68. The van der Waals surface area contributed by atoms with E-state index in [1.54, 1.807) is 36.1 Å². The predicted octanol–water partition coefficient (Wildman–Crippen LogP) is 4.87. The molecule has 0 bridgehead atoms. The summed E-state index contributed by atoms with van der Waals surface area (Å²) >= 11 is 0. The molecule has 0 aliphatic carbocycles. The van der Waals surface area contributed by atoms with Crippen LogP contribution in [0.1, 0.15) is 17.3 Å². The molecule has 1 amide bonds. The Morgan fingerprint density at radius 1 is 0.962 bits per heavy atom.